The summed E-state index contributed by atoms with van der Waals surface area (Å²) < 4.78 is 41.7. The number of hydrogen-bond donors (Lipinski definition) is 0. The number of hydrogen-bond acceptors (Lipinski definition) is 4. The van der Waals surface area contributed by atoms with Crippen LogP contribution in [0, 0.1) is 5.82 Å². The van der Waals surface area contributed by atoms with Gasteiger partial charge in [0.25, 0.3) is 11.5 Å². The van der Waals surface area contributed by atoms with E-state index in [1.54, 1.807) is 12.1 Å². The van der Waals surface area contributed by atoms with Crippen LogP contribution in [0.5, 0.6) is 0 Å². The third kappa shape index (κ3) is 5.00. The summed E-state index contributed by atoms with van der Waals surface area (Å²) in [7, 11) is -3.85. The molecule has 0 aliphatic carbocycles. The van der Waals surface area contributed by atoms with Gasteiger partial charge in [-0.25, -0.2) is 12.8 Å². The van der Waals surface area contributed by atoms with Crippen LogP contribution in [0.2, 0.25) is 5.02 Å². The van der Waals surface area contributed by atoms with E-state index in [0.717, 1.165) is 11.6 Å². The SMILES string of the molecule is O=C(c1ccc(=O)n(Cc2ccccc2Cl)c1)N1CCN(S(=O)(=O)c2cccc(F)c2)CC1. The molecule has 1 aliphatic rings. The molecule has 3 aromatic rings. The second-order valence-corrected chi connectivity index (χ2v) is 9.97. The minimum atomic E-state index is -3.85. The number of carbonyl (C=O) groups is 1. The fourth-order valence-corrected chi connectivity index (χ4v) is 5.33. The van der Waals surface area contributed by atoms with E-state index in [0.29, 0.717) is 10.6 Å². The molecular formula is C23H21ClFN3O4S. The summed E-state index contributed by atoms with van der Waals surface area (Å²) in [5, 5.41) is 0.525. The highest BCUT2D eigenvalue weighted by Gasteiger charge is 2.30. The highest BCUT2D eigenvalue weighted by atomic mass is 35.5. The number of carbonyl (C=O) groups excluding carboxylic acids is 1. The first-order valence-corrected chi connectivity index (χ1v) is 12.1. The van der Waals surface area contributed by atoms with E-state index in [4.69, 9.17) is 11.6 Å². The summed E-state index contributed by atoms with van der Waals surface area (Å²) in [6.07, 6.45) is 1.49. The fraction of sp³-hybridized carbons (Fsp3) is 0.217. The normalized spacial score (nSPS) is 14.9. The van der Waals surface area contributed by atoms with Crippen LogP contribution in [0.25, 0.3) is 0 Å². The molecule has 33 heavy (non-hydrogen) atoms. The highest BCUT2D eigenvalue weighted by Crippen LogP contribution is 2.20. The van der Waals surface area contributed by atoms with Crippen LogP contribution < -0.4 is 5.56 Å². The lowest BCUT2D eigenvalue weighted by atomic mass is 10.2. The lowest BCUT2D eigenvalue weighted by molar-refractivity contribution is 0.0697. The van der Waals surface area contributed by atoms with Gasteiger partial charge in [0.05, 0.1) is 17.0 Å². The zero-order valence-corrected chi connectivity index (χ0v) is 19.1. The van der Waals surface area contributed by atoms with Crippen molar-refractivity contribution in [3.8, 4) is 0 Å². The van der Waals surface area contributed by atoms with Gasteiger partial charge in [-0.05, 0) is 35.9 Å². The molecule has 0 unspecified atom stereocenters. The lowest BCUT2D eigenvalue weighted by Gasteiger charge is -2.34. The third-order valence-corrected chi connectivity index (χ3v) is 7.75. The summed E-state index contributed by atoms with van der Waals surface area (Å²) in [5.41, 5.74) is 0.808. The van der Waals surface area contributed by atoms with E-state index in [2.05, 4.69) is 0 Å². The van der Waals surface area contributed by atoms with E-state index in [1.807, 2.05) is 12.1 Å². The van der Waals surface area contributed by atoms with Crippen molar-refractivity contribution in [1.29, 1.82) is 0 Å². The number of nitrogens with zero attached hydrogens (tertiary/aromatic N) is 3. The number of pyridine rings is 1. The molecule has 172 valence electrons. The fourth-order valence-electron chi connectivity index (χ4n) is 3.68. The molecule has 0 atom stereocenters. The van der Waals surface area contributed by atoms with Gasteiger partial charge in [-0.1, -0.05) is 35.9 Å². The molecule has 1 fully saturated rings. The molecule has 1 saturated heterocycles. The van der Waals surface area contributed by atoms with Crippen molar-refractivity contribution in [2.75, 3.05) is 26.2 Å². The number of benzene rings is 2. The van der Waals surface area contributed by atoms with E-state index in [1.165, 1.54) is 50.3 Å². The average molecular weight is 490 g/mol. The largest absolute Gasteiger partial charge is 0.336 e. The smallest absolute Gasteiger partial charge is 0.255 e. The monoisotopic (exact) mass is 489 g/mol. The predicted octanol–water partition coefficient (Wildman–Crippen LogP) is 2.84. The van der Waals surface area contributed by atoms with Crippen molar-refractivity contribution in [2.24, 2.45) is 0 Å². The molecule has 4 rings (SSSR count). The molecule has 0 saturated carbocycles. The Morgan fingerprint density at radius 1 is 0.970 bits per heavy atom. The molecular weight excluding hydrogens is 469 g/mol. The first kappa shape index (κ1) is 23.2. The van der Waals surface area contributed by atoms with Crippen LogP contribution in [-0.4, -0.2) is 54.3 Å². The van der Waals surface area contributed by atoms with Gasteiger partial charge in [0.15, 0.2) is 0 Å². The zero-order chi connectivity index (χ0) is 23.6. The zero-order valence-electron chi connectivity index (χ0n) is 17.5. The molecule has 2 heterocycles. The Balaban J connectivity index is 1.47. The van der Waals surface area contributed by atoms with Crippen molar-refractivity contribution in [2.45, 2.75) is 11.4 Å². The van der Waals surface area contributed by atoms with Gasteiger partial charge in [0, 0.05) is 43.5 Å². The Kier molecular flexibility index (Phi) is 6.64. The maximum Gasteiger partial charge on any atom is 0.255 e. The summed E-state index contributed by atoms with van der Waals surface area (Å²) in [6, 6.07) is 14.8. The van der Waals surface area contributed by atoms with Crippen molar-refractivity contribution >= 4 is 27.5 Å². The summed E-state index contributed by atoms with van der Waals surface area (Å²) >= 11 is 6.19. The molecule has 0 bridgehead atoms. The first-order chi connectivity index (χ1) is 15.8. The maximum absolute atomic E-state index is 13.5. The Morgan fingerprint density at radius 2 is 1.70 bits per heavy atom. The molecule has 10 heteroatoms. The quantitative estimate of drug-likeness (QED) is 0.552. The number of piperazine rings is 1. The molecule has 0 radical (unpaired) electrons. The number of halogens is 2. The molecule has 0 spiro atoms. The van der Waals surface area contributed by atoms with Crippen molar-refractivity contribution < 1.29 is 17.6 Å². The summed E-state index contributed by atoms with van der Waals surface area (Å²) in [6.45, 7) is 0.751. The molecule has 0 N–H and O–H groups in total. The van der Waals surface area contributed by atoms with Crippen molar-refractivity contribution in [3.63, 3.8) is 0 Å². The third-order valence-electron chi connectivity index (χ3n) is 5.49. The Bertz CT molecular complexity index is 1350. The van der Waals surface area contributed by atoms with Gasteiger partial charge >= 0.3 is 0 Å². The van der Waals surface area contributed by atoms with E-state index >= 15 is 0 Å². The van der Waals surface area contributed by atoms with Gasteiger partial charge in [-0.15, -0.1) is 0 Å². The van der Waals surface area contributed by atoms with E-state index in [9.17, 15) is 22.4 Å². The van der Waals surface area contributed by atoms with Gasteiger partial charge in [-0.2, -0.15) is 4.31 Å². The number of amides is 1. The number of sulfonamides is 1. The molecule has 1 aliphatic heterocycles. The van der Waals surface area contributed by atoms with Gasteiger partial charge in [0.1, 0.15) is 5.82 Å². The predicted molar refractivity (Wildman–Crippen MR) is 122 cm³/mol. The van der Waals surface area contributed by atoms with Crippen molar-refractivity contribution in [3.05, 3.63) is 99.2 Å². The van der Waals surface area contributed by atoms with Crippen LogP contribution in [0.4, 0.5) is 4.39 Å². The van der Waals surface area contributed by atoms with Gasteiger partial charge < -0.3 is 9.47 Å². The molecule has 7 nitrogen and oxygen atoms in total. The summed E-state index contributed by atoms with van der Waals surface area (Å²) in [5.74, 6) is -0.928. The van der Waals surface area contributed by atoms with Crippen LogP contribution in [0.15, 0.2) is 76.6 Å². The minimum Gasteiger partial charge on any atom is -0.336 e. The first-order valence-electron chi connectivity index (χ1n) is 10.2. The van der Waals surface area contributed by atoms with Crippen LogP contribution in [0.3, 0.4) is 0 Å². The maximum atomic E-state index is 13.5. The molecule has 2 aromatic carbocycles. The topological polar surface area (TPSA) is 79.7 Å². The van der Waals surface area contributed by atoms with Gasteiger partial charge in [-0.3, -0.25) is 9.59 Å². The minimum absolute atomic E-state index is 0.0872. The number of aromatic nitrogens is 1. The number of rotatable bonds is 5. The Hall–Kier alpha value is -3.01. The second-order valence-electron chi connectivity index (χ2n) is 7.63. The second kappa shape index (κ2) is 9.46. The molecule has 1 amide bonds. The average Bonchev–Trinajstić information content (AvgIpc) is 2.81. The Morgan fingerprint density at radius 3 is 2.39 bits per heavy atom. The highest BCUT2D eigenvalue weighted by molar-refractivity contribution is 7.89. The van der Waals surface area contributed by atoms with E-state index in [-0.39, 0.29) is 49.1 Å². The van der Waals surface area contributed by atoms with Gasteiger partial charge in [0.2, 0.25) is 10.0 Å². The standard InChI is InChI=1S/C23H21ClFN3O4S/c24-21-7-2-1-4-17(21)15-27-16-18(8-9-22(27)29)23(30)26-10-12-28(13-11-26)33(31,32)20-6-3-5-19(25)14-20/h1-9,14,16H,10-13,15H2. The van der Waals surface area contributed by atoms with E-state index < -0.39 is 15.8 Å². The van der Waals surface area contributed by atoms with Crippen LogP contribution in [-0.2, 0) is 16.6 Å². The lowest BCUT2D eigenvalue weighted by Crippen LogP contribution is -2.50. The Labute approximate surface area is 195 Å². The van der Waals surface area contributed by atoms with Crippen LogP contribution in [0.1, 0.15) is 15.9 Å². The summed E-state index contributed by atoms with van der Waals surface area (Å²) in [4.78, 5) is 26.7. The van der Waals surface area contributed by atoms with Crippen LogP contribution >= 0.6 is 11.6 Å². The molecule has 1 aromatic heterocycles. The van der Waals surface area contributed by atoms with Crippen molar-refractivity contribution in [1.82, 2.24) is 13.8 Å².